The number of carbonyl (C=O) groups excluding carboxylic acids is 2. The number of anilines is 2. The lowest BCUT2D eigenvalue weighted by molar-refractivity contribution is 0.0664. The van der Waals surface area contributed by atoms with Gasteiger partial charge in [0, 0.05) is 61.8 Å². The molecule has 8 nitrogen and oxygen atoms in total. The molecule has 2 aliphatic heterocycles. The molecule has 4 rings (SSSR count). The Labute approximate surface area is 201 Å². The Bertz CT molecular complexity index is 1070. The number of nitrogens with one attached hydrogen (secondary N) is 3. The second-order valence-corrected chi connectivity index (χ2v) is 9.22. The molecule has 0 aromatic heterocycles. The fourth-order valence-electron chi connectivity index (χ4n) is 4.17. The maximum absolute atomic E-state index is 13.0. The van der Waals surface area contributed by atoms with E-state index < -0.39 is 0 Å². The first-order chi connectivity index (χ1) is 16.4. The summed E-state index contributed by atoms with van der Waals surface area (Å²) in [5.41, 5.74) is 4.06. The van der Waals surface area contributed by atoms with Crippen LogP contribution in [0, 0.1) is 0 Å². The zero-order chi connectivity index (χ0) is 24.1. The average Bonchev–Trinajstić information content (AvgIpc) is 2.85. The smallest absolute Gasteiger partial charge is 0.257 e. The van der Waals surface area contributed by atoms with Crippen LogP contribution < -0.4 is 16.0 Å². The maximum atomic E-state index is 13.0. The fourth-order valence-corrected chi connectivity index (χ4v) is 4.17. The van der Waals surface area contributed by atoms with E-state index in [9.17, 15) is 9.59 Å². The van der Waals surface area contributed by atoms with Crippen molar-refractivity contribution in [3.05, 3.63) is 59.2 Å². The first-order valence-electron chi connectivity index (χ1n) is 12.0. The van der Waals surface area contributed by atoms with Gasteiger partial charge in [0.2, 0.25) is 0 Å². The number of piperazine rings is 1. The van der Waals surface area contributed by atoms with Crippen molar-refractivity contribution in [3.63, 3.8) is 0 Å². The predicted molar refractivity (Wildman–Crippen MR) is 136 cm³/mol. The third kappa shape index (κ3) is 5.75. The second-order valence-electron chi connectivity index (χ2n) is 9.22. The number of carbonyl (C=O) groups is 2. The number of aliphatic imine (C=N–C) groups is 1. The van der Waals surface area contributed by atoms with Crippen molar-refractivity contribution in [3.8, 4) is 0 Å². The molecule has 0 atom stereocenters. The van der Waals surface area contributed by atoms with Crippen molar-refractivity contribution in [2.45, 2.75) is 26.2 Å². The third-order valence-electron chi connectivity index (χ3n) is 6.24. The number of benzene rings is 2. The summed E-state index contributed by atoms with van der Waals surface area (Å²) >= 11 is 0. The zero-order valence-corrected chi connectivity index (χ0v) is 20.2. The molecule has 2 aromatic carbocycles. The lowest BCUT2D eigenvalue weighted by atomic mass is 9.98. The van der Waals surface area contributed by atoms with E-state index in [0.717, 1.165) is 62.6 Å². The van der Waals surface area contributed by atoms with Gasteiger partial charge in [-0.15, -0.1) is 0 Å². The predicted octanol–water partition coefficient (Wildman–Crippen LogP) is 3.02. The van der Waals surface area contributed by atoms with Crippen LogP contribution in [-0.4, -0.2) is 73.9 Å². The largest absolute Gasteiger partial charge is 0.356 e. The highest BCUT2D eigenvalue weighted by molar-refractivity contribution is 6.06. The van der Waals surface area contributed by atoms with Crippen LogP contribution in [0.15, 0.2) is 47.5 Å². The van der Waals surface area contributed by atoms with Crippen LogP contribution in [0.3, 0.4) is 0 Å². The molecule has 0 radical (unpaired) electrons. The number of hydrogen-bond donors (Lipinski definition) is 3. The van der Waals surface area contributed by atoms with Crippen LogP contribution >= 0.6 is 0 Å². The molecule has 2 heterocycles. The highest BCUT2D eigenvalue weighted by atomic mass is 16.2. The van der Waals surface area contributed by atoms with Crippen molar-refractivity contribution in [2.24, 2.45) is 4.99 Å². The lowest BCUT2D eigenvalue weighted by Gasteiger charge is -2.32. The topological polar surface area (TPSA) is 89.1 Å². The van der Waals surface area contributed by atoms with Gasteiger partial charge in [-0.1, -0.05) is 19.9 Å². The summed E-state index contributed by atoms with van der Waals surface area (Å²) in [5, 5.41) is 9.43. The molecule has 0 spiro atoms. The minimum Gasteiger partial charge on any atom is -0.356 e. The van der Waals surface area contributed by atoms with Crippen LogP contribution in [0.25, 0.3) is 0 Å². The van der Waals surface area contributed by atoms with Gasteiger partial charge in [-0.2, -0.15) is 0 Å². The molecule has 1 fully saturated rings. The highest BCUT2D eigenvalue weighted by Crippen LogP contribution is 2.29. The Morgan fingerprint density at radius 1 is 1.03 bits per heavy atom. The summed E-state index contributed by atoms with van der Waals surface area (Å²) < 4.78 is 0. The highest BCUT2D eigenvalue weighted by Gasteiger charge is 2.21. The van der Waals surface area contributed by atoms with Gasteiger partial charge < -0.3 is 20.4 Å². The average molecular weight is 463 g/mol. The van der Waals surface area contributed by atoms with Crippen molar-refractivity contribution in [1.29, 1.82) is 0 Å². The Morgan fingerprint density at radius 3 is 2.53 bits per heavy atom. The number of hydrogen-bond acceptors (Lipinski definition) is 6. The maximum Gasteiger partial charge on any atom is 0.257 e. The Balaban J connectivity index is 1.50. The summed E-state index contributed by atoms with van der Waals surface area (Å²) in [4.78, 5) is 34.2. The first kappa shape index (κ1) is 23.8. The monoisotopic (exact) mass is 462 g/mol. The standard InChI is InChI=1S/C26H34N6O2/c1-18(2)22-17-19(24(33)30-26-27-10-5-11-28-26)8-9-23(22)29-21-7-4-6-20(16-21)25(34)32-14-12-31(3)13-15-32/h4,6-9,16-18,29H,5,10-15H2,1-3H3,(H2,27,28,30,33). The second kappa shape index (κ2) is 10.7. The van der Waals surface area contributed by atoms with Gasteiger partial charge in [0.15, 0.2) is 5.96 Å². The van der Waals surface area contributed by atoms with Gasteiger partial charge >= 0.3 is 0 Å². The molecular weight excluding hydrogens is 428 g/mol. The summed E-state index contributed by atoms with van der Waals surface area (Å²) in [6.07, 6.45) is 0.972. The summed E-state index contributed by atoms with van der Waals surface area (Å²) in [7, 11) is 2.08. The quantitative estimate of drug-likeness (QED) is 0.636. The number of nitrogens with zero attached hydrogens (tertiary/aromatic N) is 3. The van der Waals surface area contributed by atoms with Crippen LogP contribution in [0.4, 0.5) is 11.4 Å². The van der Waals surface area contributed by atoms with Crippen molar-refractivity contribution in [1.82, 2.24) is 20.4 Å². The lowest BCUT2D eigenvalue weighted by Crippen LogP contribution is -2.47. The van der Waals surface area contributed by atoms with Crippen molar-refractivity contribution in [2.75, 3.05) is 51.6 Å². The molecule has 0 aliphatic carbocycles. The minimum atomic E-state index is -0.179. The van der Waals surface area contributed by atoms with E-state index in [4.69, 9.17) is 0 Å². The summed E-state index contributed by atoms with van der Waals surface area (Å²) in [5.74, 6) is 0.621. The molecule has 3 N–H and O–H groups in total. The Hall–Kier alpha value is -3.39. The van der Waals surface area contributed by atoms with E-state index in [1.807, 2.05) is 47.4 Å². The molecular formula is C26H34N6O2. The number of amides is 2. The van der Waals surface area contributed by atoms with E-state index in [1.54, 1.807) is 0 Å². The van der Waals surface area contributed by atoms with Crippen LogP contribution in [0.2, 0.25) is 0 Å². The van der Waals surface area contributed by atoms with Crippen LogP contribution in [0.1, 0.15) is 52.5 Å². The van der Waals surface area contributed by atoms with E-state index in [1.165, 1.54) is 0 Å². The molecule has 34 heavy (non-hydrogen) atoms. The molecule has 2 amide bonds. The van der Waals surface area contributed by atoms with E-state index in [-0.39, 0.29) is 17.7 Å². The van der Waals surface area contributed by atoms with Crippen molar-refractivity contribution >= 4 is 29.1 Å². The molecule has 180 valence electrons. The molecule has 1 saturated heterocycles. The third-order valence-corrected chi connectivity index (χ3v) is 6.24. The van der Waals surface area contributed by atoms with Gasteiger partial charge in [-0.3, -0.25) is 19.9 Å². The van der Waals surface area contributed by atoms with E-state index in [2.05, 4.69) is 46.7 Å². The molecule has 0 bridgehead atoms. The molecule has 2 aliphatic rings. The van der Waals surface area contributed by atoms with E-state index in [0.29, 0.717) is 17.1 Å². The van der Waals surface area contributed by atoms with Gasteiger partial charge in [-0.25, -0.2) is 0 Å². The van der Waals surface area contributed by atoms with Crippen LogP contribution in [-0.2, 0) is 0 Å². The molecule has 2 aromatic rings. The number of rotatable bonds is 5. The Kier molecular flexibility index (Phi) is 7.47. The fraction of sp³-hybridized carbons (Fsp3) is 0.423. The van der Waals surface area contributed by atoms with Crippen molar-refractivity contribution < 1.29 is 9.59 Å². The zero-order valence-electron chi connectivity index (χ0n) is 20.2. The number of likely N-dealkylation sites (N-methyl/N-ethyl adjacent to an activating group) is 1. The molecule has 0 unspecified atom stereocenters. The minimum absolute atomic E-state index is 0.0621. The molecule has 0 saturated carbocycles. The summed E-state index contributed by atoms with van der Waals surface area (Å²) in [6, 6.07) is 13.3. The molecule has 8 heteroatoms. The van der Waals surface area contributed by atoms with Gasteiger partial charge in [0.25, 0.3) is 11.8 Å². The normalized spacial score (nSPS) is 16.6. The van der Waals surface area contributed by atoms with E-state index >= 15 is 0 Å². The Morgan fingerprint density at radius 2 is 1.82 bits per heavy atom. The summed E-state index contributed by atoms with van der Waals surface area (Å²) in [6.45, 7) is 9.01. The van der Waals surface area contributed by atoms with Gasteiger partial charge in [0.05, 0.1) is 0 Å². The first-order valence-corrected chi connectivity index (χ1v) is 12.0. The van der Waals surface area contributed by atoms with Crippen LogP contribution in [0.5, 0.6) is 0 Å². The number of guanidine groups is 1. The SMILES string of the molecule is CC(C)c1cc(C(=O)NC2=NCCCN2)ccc1Nc1cccc(C(=O)N2CCN(C)CC2)c1. The van der Waals surface area contributed by atoms with Gasteiger partial charge in [0.1, 0.15) is 0 Å². The van der Waals surface area contributed by atoms with Gasteiger partial charge in [-0.05, 0) is 61.3 Å².